The first-order valence-corrected chi connectivity index (χ1v) is 11.1. The number of thiophene rings is 1. The molecule has 3 aromatic heterocycles. The Bertz CT molecular complexity index is 1300. The molecule has 0 amide bonds. The van der Waals surface area contributed by atoms with Crippen molar-refractivity contribution in [2.75, 3.05) is 0 Å². The number of carboxylic acid groups (broad SMARTS) is 1. The van der Waals surface area contributed by atoms with Crippen molar-refractivity contribution in [3.05, 3.63) is 61.9 Å². The first kappa shape index (κ1) is 19.5. The van der Waals surface area contributed by atoms with Crippen molar-refractivity contribution in [1.82, 2.24) is 20.0 Å². The van der Waals surface area contributed by atoms with E-state index in [-0.39, 0.29) is 11.6 Å². The summed E-state index contributed by atoms with van der Waals surface area (Å²) in [7, 11) is 0. The second kappa shape index (κ2) is 7.34. The molecule has 1 aromatic carbocycles. The Labute approximate surface area is 186 Å². The van der Waals surface area contributed by atoms with Gasteiger partial charge >= 0.3 is 5.97 Å². The van der Waals surface area contributed by atoms with Crippen molar-refractivity contribution < 1.29 is 9.90 Å². The van der Waals surface area contributed by atoms with Crippen molar-refractivity contribution in [3.63, 3.8) is 0 Å². The predicted molar refractivity (Wildman–Crippen MR) is 118 cm³/mol. The van der Waals surface area contributed by atoms with Gasteiger partial charge < -0.3 is 5.11 Å². The molecule has 1 aliphatic carbocycles. The quantitative estimate of drug-likeness (QED) is 0.393. The summed E-state index contributed by atoms with van der Waals surface area (Å²) in [6.45, 7) is 1.98. The smallest absolute Gasteiger partial charge is 0.337 e. The number of pyridine rings is 1. The number of carbonyl (C=O) groups is 1. The highest BCUT2D eigenvalue weighted by atomic mass is 35.5. The molecule has 4 aromatic rings. The summed E-state index contributed by atoms with van der Waals surface area (Å²) < 4.78 is 1.76. The summed E-state index contributed by atoms with van der Waals surface area (Å²) in [5, 5.41) is 22.6. The van der Waals surface area contributed by atoms with Gasteiger partial charge in [0.25, 0.3) is 0 Å². The number of halogens is 2. The molecule has 3 heterocycles. The number of aromatic nitrogens is 4. The summed E-state index contributed by atoms with van der Waals surface area (Å²) in [4.78, 5) is 15.9. The molecular formula is C21H16Cl2N4O2S. The predicted octanol–water partition coefficient (Wildman–Crippen LogP) is 6.05. The van der Waals surface area contributed by atoms with Crippen LogP contribution >= 0.6 is 34.5 Å². The molecule has 0 unspecified atom stereocenters. The Morgan fingerprint density at radius 2 is 2.10 bits per heavy atom. The van der Waals surface area contributed by atoms with Gasteiger partial charge in [-0.1, -0.05) is 34.5 Å². The Morgan fingerprint density at radius 1 is 1.30 bits per heavy atom. The number of benzene rings is 1. The van der Waals surface area contributed by atoms with E-state index in [1.165, 1.54) is 11.3 Å². The van der Waals surface area contributed by atoms with Crippen LogP contribution in [0.4, 0.5) is 0 Å². The van der Waals surface area contributed by atoms with Gasteiger partial charge in [-0.3, -0.25) is 4.98 Å². The van der Waals surface area contributed by atoms with Gasteiger partial charge in [0.05, 0.1) is 34.0 Å². The molecule has 5 rings (SSSR count). The van der Waals surface area contributed by atoms with Crippen molar-refractivity contribution >= 4 is 51.5 Å². The molecule has 1 atom stereocenters. The summed E-state index contributed by atoms with van der Waals surface area (Å²) in [5.41, 5.74) is 4.64. The first-order chi connectivity index (χ1) is 14.5. The molecule has 152 valence electrons. The number of aromatic carboxylic acids is 1. The van der Waals surface area contributed by atoms with Crippen molar-refractivity contribution in [2.24, 2.45) is 0 Å². The van der Waals surface area contributed by atoms with Crippen LogP contribution in [0.5, 0.6) is 0 Å². The summed E-state index contributed by atoms with van der Waals surface area (Å²) in [5.74, 6) is -0.486. The lowest BCUT2D eigenvalue weighted by Gasteiger charge is -2.18. The Hall–Kier alpha value is -2.48. The second-order valence-electron chi connectivity index (χ2n) is 7.41. The van der Waals surface area contributed by atoms with Crippen LogP contribution in [0.25, 0.3) is 22.3 Å². The lowest BCUT2D eigenvalue weighted by molar-refractivity contribution is 0.0698. The van der Waals surface area contributed by atoms with Gasteiger partial charge in [-0.25, -0.2) is 9.48 Å². The van der Waals surface area contributed by atoms with Crippen LogP contribution in [0, 0.1) is 0 Å². The molecule has 9 heteroatoms. The zero-order valence-corrected chi connectivity index (χ0v) is 18.2. The summed E-state index contributed by atoms with van der Waals surface area (Å²) in [6, 6.07) is 5.45. The Kier molecular flexibility index (Phi) is 4.76. The van der Waals surface area contributed by atoms with E-state index in [1.54, 1.807) is 21.6 Å². The van der Waals surface area contributed by atoms with E-state index in [0.717, 1.165) is 29.5 Å². The Morgan fingerprint density at radius 3 is 2.83 bits per heavy atom. The summed E-state index contributed by atoms with van der Waals surface area (Å²) in [6.07, 6.45) is 3.89. The van der Waals surface area contributed by atoms with E-state index in [0.29, 0.717) is 32.7 Å². The minimum atomic E-state index is -0.983. The molecule has 0 saturated heterocycles. The van der Waals surface area contributed by atoms with Crippen LogP contribution in [0.15, 0.2) is 35.2 Å². The van der Waals surface area contributed by atoms with Gasteiger partial charge in [0.15, 0.2) is 0 Å². The molecule has 0 spiro atoms. The molecule has 1 aliphatic rings. The van der Waals surface area contributed by atoms with E-state index < -0.39 is 5.97 Å². The van der Waals surface area contributed by atoms with Gasteiger partial charge in [-0.2, -0.15) is 11.3 Å². The number of rotatable bonds is 5. The fourth-order valence-electron chi connectivity index (χ4n) is 3.74. The number of hydrogen-bond donors (Lipinski definition) is 1. The van der Waals surface area contributed by atoms with Gasteiger partial charge in [-0.05, 0) is 43.4 Å². The average Bonchev–Trinajstić information content (AvgIpc) is 3.27. The van der Waals surface area contributed by atoms with E-state index >= 15 is 0 Å². The zero-order valence-electron chi connectivity index (χ0n) is 15.8. The fourth-order valence-corrected chi connectivity index (χ4v) is 5.39. The normalized spacial score (nSPS) is 14.9. The minimum Gasteiger partial charge on any atom is -0.478 e. The van der Waals surface area contributed by atoms with E-state index in [2.05, 4.69) is 15.3 Å². The topological polar surface area (TPSA) is 80.9 Å². The zero-order chi connectivity index (χ0) is 21.0. The van der Waals surface area contributed by atoms with E-state index in [4.69, 9.17) is 23.2 Å². The molecule has 1 N–H and O–H groups in total. The standard InChI is InChI=1S/C21H16Cl2N4O2S/c1-10(19-15(22)5-4-12(20(19)23)11-2-3-11)27-18-6-16(24-7-17(18)25-26-27)13-8-30-9-14(13)21(28)29/h4-11H,2-3H2,1H3,(H,28,29)/t10-/m1/s1. The first-order valence-electron chi connectivity index (χ1n) is 9.44. The highest BCUT2D eigenvalue weighted by Gasteiger charge is 2.29. The molecule has 1 saturated carbocycles. The number of fused-ring (bicyclic) bond motifs is 1. The maximum Gasteiger partial charge on any atom is 0.337 e. The lowest BCUT2D eigenvalue weighted by Crippen LogP contribution is -2.11. The number of hydrogen-bond acceptors (Lipinski definition) is 5. The largest absolute Gasteiger partial charge is 0.478 e. The maximum absolute atomic E-state index is 11.5. The molecule has 0 aliphatic heterocycles. The van der Waals surface area contributed by atoms with E-state index in [9.17, 15) is 9.90 Å². The average molecular weight is 459 g/mol. The third-order valence-electron chi connectivity index (χ3n) is 5.48. The molecule has 0 radical (unpaired) electrons. The van der Waals surface area contributed by atoms with Gasteiger partial charge in [0.2, 0.25) is 0 Å². The van der Waals surface area contributed by atoms with Crippen LogP contribution < -0.4 is 0 Å². The molecular weight excluding hydrogens is 443 g/mol. The van der Waals surface area contributed by atoms with Crippen LogP contribution in [0.2, 0.25) is 10.0 Å². The lowest BCUT2D eigenvalue weighted by atomic mass is 10.0. The van der Waals surface area contributed by atoms with Crippen LogP contribution in [-0.2, 0) is 0 Å². The van der Waals surface area contributed by atoms with Crippen molar-refractivity contribution in [1.29, 1.82) is 0 Å². The minimum absolute atomic E-state index is 0.224. The Balaban J connectivity index is 1.63. The van der Waals surface area contributed by atoms with Crippen LogP contribution in [0.1, 0.15) is 53.2 Å². The highest BCUT2D eigenvalue weighted by molar-refractivity contribution is 7.08. The van der Waals surface area contributed by atoms with Gasteiger partial charge in [0, 0.05) is 26.9 Å². The monoisotopic (exact) mass is 458 g/mol. The number of carboxylic acids is 1. The molecule has 1 fully saturated rings. The van der Waals surface area contributed by atoms with Crippen LogP contribution in [-0.4, -0.2) is 31.1 Å². The third kappa shape index (κ3) is 3.17. The van der Waals surface area contributed by atoms with Gasteiger partial charge in [-0.15, -0.1) is 5.10 Å². The second-order valence-corrected chi connectivity index (χ2v) is 8.94. The molecule has 0 bridgehead atoms. The van der Waals surface area contributed by atoms with Gasteiger partial charge in [0.1, 0.15) is 5.52 Å². The molecule has 6 nitrogen and oxygen atoms in total. The fraction of sp³-hybridized carbons (Fsp3) is 0.238. The summed E-state index contributed by atoms with van der Waals surface area (Å²) >= 11 is 14.6. The highest BCUT2D eigenvalue weighted by Crippen LogP contribution is 2.47. The molecule has 30 heavy (non-hydrogen) atoms. The SMILES string of the molecule is C[C@H](c1c(Cl)ccc(C2CC2)c1Cl)n1nnc2cnc(-c3cscc3C(=O)O)cc21. The van der Waals surface area contributed by atoms with E-state index in [1.807, 2.05) is 25.1 Å². The van der Waals surface area contributed by atoms with Crippen molar-refractivity contribution in [3.8, 4) is 11.3 Å². The number of nitrogens with zero attached hydrogens (tertiary/aromatic N) is 4. The maximum atomic E-state index is 11.5. The third-order valence-corrected chi connectivity index (χ3v) is 6.98. The van der Waals surface area contributed by atoms with Crippen LogP contribution in [0.3, 0.4) is 0 Å². The van der Waals surface area contributed by atoms with Crippen molar-refractivity contribution in [2.45, 2.75) is 31.7 Å².